The molecule has 48 heavy (non-hydrogen) atoms. The van der Waals surface area contributed by atoms with Crippen LogP contribution >= 0.6 is 11.6 Å². The Labute approximate surface area is 290 Å². The molecule has 260 valence electrons. The van der Waals surface area contributed by atoms with Crippen LogP contribution in [0, 0.1) is 34.5 Å². The van der Waals surface area contributed by atoms with Gasteiger partial charge in [0.1, 0.15) is 17.5 Å². The zero-order chi connectivity index (χ0) is 33.5. The predicted molar refractivity (Wildman–Crippen MR) is 184 cm³/mol. The second-order valence-corrected chi connectivity index (χ2v) is 16.2. The third-order valence-corrected chi connectivity index (χ3v) is 11.7. The van der Waals surface area contributed by atoms with E-state index in [4.69, 9.17) is 35.5 Å². The maximum absolute atomic E-state index is 9.88. The zero-order valence-corrected chi connectivity index (χ0v) is 29.6. The van der Waals surface area contributed by atoms with Gasteiger partial charge in [-0.25, -0.2) is 4.98 Å². The first kappa shape index (κ1) is 34.0. The molecule has 4 saturated carbocycles. The third-order valence-electron chi connectivity index (χ3n) is 11.3. The van der Waals surface area contributed by atoms with Crippen LogP contribution in [0.3, 0.4) is 0 Å². The fourth-order valence-electron chi connectivity index (χ4n) is 9.59. The van der Waals surface area contributed by atoms with Gasteiger partial charge in [0.2, 0.25) is 5.95 Å². The minimum atomic E-state index is -0.500. The molecule has 2 N–H and O–H groups in total. The highest BCUT2D eigenvalue weighted by Crippen LogP contribution is 2.61. The number of hydrogen-bond acceptors (Lipinski definition) is 10. The van der Waals surface area contributed by atoms with Crippen LogP contribution in [0.15, 0.2) is 30.5 Å². The van der Waals surface area contributed by atoms with Crippen LogP contribution in [0.4, 0.5) is 11.8 Å². The first-order chi connectivity index (χ1) is 23.0. The summed E-state index contributed by atoms with van der Waals surface area (Å²) in [4.78, 5) is 11.9. The maximum Gasteiger partial charge on any atom is 0.224 e. The van der Waals surface area contributed by atoms with Crippen LogP contribution in [-0.2, 0) is 25.5 Å². The number of halogens is 1. The average molecular weight is 679 g/mol. The van der Waals surface area contributed by atoms with Crippen molar-refractivity contribution in [3.8, 4) is 6.07 Å². The Kier molecular flexibility index (Phi) is 9.66. The molecule has 0 radical (unpaired) electrons. The smallest absolute Gasteiger partial charge is 0.224 e. The number of nitrogens with one attached hydrogen (secondary N) is 2. The quantitative estimate of drug-likeness (QED) is 0.240. The van der Waals surface area contributed by atoms with Gasteiger partial charge >= 0.3 is 0 Å². The Hall–Kier alpha value is -2.52. The fourth-order valence-corrected chi connectivity index (χ4v) is 9.79. The lowest BCUT2D eigenvalue weighted by molar-refractivity contribution is -0.143. The Bertz CT molecular complexity index is 1450. The van der Waals surface area contributed by atoms with E-state index in [1.54, 1.807) is 6.20 Å². The molecule has 11 heteroatoms. The van der Waals surface area contributed by atoms with E-state index in [1.165, 1.54) is 32.1 Å². The number of aromatic nitrogens is 2. The second kappa shape index (κ2) is 13.7. The monoisotopic (exact) mass is 678 g/mol. The van der Waals surface area contributed by atoms with Gasteiger partial charge in [-0.1, -0.05) is 29.8 Å². The lowest BCUT2D eigenvalue weighted by atomic mass is 9.47. The molecule has 3 heterocycles. The number of nitriles is 1. The van der Waals surface area contributed by atoms with Crippen molar-refractivity contribution in [1.82, 2.24) is 14.9 Å². The minimum Gasteiger partial charge on any atom is -0.368 e. The molecular weight excluding hydrogens is 628 g/mol. The van der Waals surface area contributed by atoms with E-state index >= 15 is 0 Å². The molecule has 6 aliphatic rings. The van der Waals surface area contributed by atoms with E-state index in [0.717, 1.165) is 44.0 Å². The van der Waals surface area contributed by atoms with Crippen molar-refractivity contribution in [3.63, 3.8) is 0 Å². The van der Waals surface area contributed by atoms with Crippen LogP contribution in [0.1, 0.15) is 83.8 Å². The van der Waals surface area contributed by atoms with Gasteiger partial charge < -0.3 is 29.6 Å². The van der Waals surface area contributed by atoms with Gasteiger partial charge in [-0.2, -0.15) is 10.2 Å². The molecular formula is C37H51ClN6O4. The lowest BCUT2D eigenvalue weighted by Crippen LogP contribution is -2.61. The zero-order valence-electron chi connectivity index (χ0n) is 28.8. The van der Waals surface area contributed by atoms with E-state index < -0.39 is 11.6 Å². The molecule has 8 rings (SSSR count). The Morgan fingerprint density at radius 3 is 2.17 bits per heavy atom. The summed E-state index contributed by atoms with van der Waals surface area (Å²) in [5.41, 5.74) is 1.65. The van der Waals surface area contributed by atoms with Crippen molar-refractivity contribution >= 4 is 23.4 Å². The van der Waals surface area contributed by atoms with Crippen LogP contribution in [0.2, 0.25) is 5.02 Å². The Morgan fingerprint density at radius 1 is 0.938 bits per heavy atom. The molecule has 10 nitrogen and oxygen atoms in total. The average Bonchev–Trinajstić information content (AvgIpc) is 3.59. The van der Waals surface area contributed by atoms with Crippen LogP contribution in [0.25, 0.3) is 0 Å². The van der Waals surface area contributed by atoms with Crippen molar-refractivity contribution in [2.45, 2.75) is 109 Å². The SMILES string of the molecule is CC1(C)OC[C@H](CCN(CC[C@H]2COC(C)(C)O2)C2[C@@H]3CC4C[C@H]2CC(CNc2nc(NCc5ccccc5Cl)ncc2C#N)(C4)C3)O1. The first-order valence-electron chi connectivity index (χ1n) is 17.8. The van der Waals surface area contributed by atoms with E-state index in [-0.39, 0.29) is 17.6 Å². The van der Waals surface area contributed by atoms with Gasteiger partial charge in [-0.3, -0.25) is 4.90 Å². The number of nitrogens with zero attached hydrogens (tertiary/aromatic N) is 4. The van der Waals surface area contributed by atoms with Crippen LogP contribution in [-0.4, -0.2) is 77.5 Å². The standard InChI is InChI=1S/C37H51ClN6O4/c1-35(2)45-21-29(47-35)9-11-44(12-10-30-22-46-36(3,4)48-30)32-26-13-24-14-27(32)17-37(15-24,16-26)23-42-33-28(18-39)20-41-34(43-33)40-19-25-7-5-6-8-31(25)38/h5-8,20,24,26-27,29-30,32H,9-17,19,21-23H2,1-4H3,(H2,40,41,42,43)/t24?,26-,27+,29-,30-,32?,37?/m0/s1. The van der Waals surface area contributed by atoms with Gasteiger partial charge in [0.05, 0.1) is 31.6 Å². The molecule has 1 aromatic heterocycles. The number of anilines is 2. The van der Waals surface area contributed by atoms with Crippen molar-refractivity contribution in [1.29, 1.82) is 5.26 Å². The van der Waals surface area contributed by atoms with Crippen molar-refractivity contribution < 1.29 is 18.9 Å². The van der Waals surface area contributed by atoms with Crippen LogP contribution in [0.5, 0.6) is 0 Å². The van der Waals surface area contributed by atoms with E-state index in [0.29, 0.717) is 60.0 Å². The number of hydrogen-bond donors (Lipinski definition) is 2. The van der Waals surface area contributed by atoms with E-state index in [1.807, 2.05) is 52.0 Å². The number of benzene rings is 1. The maximum atomic E-state index is 9.88. The molecule has 4 bridgehead atoms. The molecule has 2 aliphatic heterocycles. The van der Waals surface area contributed by atoms with Gasteiger partial charge in [-0.15, -0.1) is 0 Å². The molecule has 0 spiro atoms. The number of ether oxygens (including phenoxy) is 4. The summed E-state index contributed by atoms with van der Waals surface area (Å²) >= 11 is 6.35. The largest absolute Gasteiger partial charge is 0.368 e. The lowest BCUT2D eigenvalue weighted by Gasteiger charge is -2.62. The predicted octanol–water partition coefficient (Wildman–Crippen LogP) is 6.61. The van der Waals surface area contributed by atoms with Crippen LogP contribution < -0.4 is 10.6 Å². The highest BCUT2D eigenvalue weighted by Gasteiger charge is 2.56. The van der Waals surface area contributed by atoms with E-state index in [9.17, 15) is 5.26 Å². The summed E-state index contributed by atoms with van der Waals surface area (Å²) < 4.78 is 24.3. The Morgan fingerprint density at radius 2 is 1.58 bits per heavy atom. The summed E-state index contributed by atoms with van der Waals surface area (Å²) in [7, 11) is 0. The summed E-state index contributed by atoms with van der Waals surface area (Å²) in [6.07, 6.45) is 10.1. The van der Waals surface area contributed by atoms with Gasteiger partial charge in [0, 0.05) is 37.2 Å². The number of rotatable bonds is 13. The van der Waals surface area contributed by atoms with Gasteiger partial charge in [-0.05, 0) is 107 Å². The topological polar surface area (TPSA) is 114 Å². The molecule has 0 amide bonds. The molecule has 2 aromatic rings. The Balaban J connectivity index is 1.02. The van der Waals surface area contributed by atoms with Crippen molar-refractivity contribution in [2.24, 2.45) is 23.2 Å². The summed E-state index contributed by atoms with van der Waals surface area (Å²) in [6, 6.07) is 10.6. The molecule has 4 aliphatic carbocycles. The highest BCUT2D eigenvalue weighted by molar-refractivity contribution is 6.31. The molecule has 2 saturated heterocycles. The third kappa shape index (κ3) is 7.62. The normalized spacial score (nSPS) is 32.9. The van der Waals surface area contributed by atoms with Crippen molar-refractivity contribution in [2.75, 3.05) is 43.5 Å². The minimum absolute atomic E-state index is 0.131. The van der Waals surface area contributed by atoms with Gasteiger partial charge in [0.15, 0.2) is 11.6 Å². The molecule has 7 atom stereocenters. The van der Waals surface area contributed by atoms with E-state index in [2.05, 4.69) is 26.6 Å². The van der Waals surface area contributed by atoms with Gasteiger partial charge in [0.25, 0.3) is 0 Å². The summed E-state index contributed by atoms with van der Waals surface area (Å²) in [5.74, 6) is 2.15. The molecule has 3 unspecified atom stereocenters. The highest BCUT2D eigenvalue weighted by atomic mass is 35.5. The summed E-state index contributed by atoms with van der Waals surface area (Å²) in [6.45, 7) is 12.7. The summed E-state index contributed by atoms with van der Waals surface area (Å²) in [5, 5.41) is 17.5. The first-order valence-corrected chi connectivity index (χ1v) is 18.2. The molecule has 1 aromatic carbocycles. The fraction of sp³-hybridized carbons (Fsp3) is 0.703. The second-order valence-electron chi connectivity index (χ2n) is 15.8. The van der Waals surface area contributed by atoms with Crippen molar-refractivity contribution in [3.05, 3.63) is 46.6 Å². The molecule has 6 fully saturated rings.